The van der Waals surface area contributed by atoms with Crippen LogP contribution in [0.15, 0.2) is 24.5 Å². The fraction of sp³-hybridized carbons (Fsp3) is 0.267. The van der Waals surface area contributed by atoms with Crippen LogP contribution in [0, 0.1) is 0 Å². The van der Waals surface area contributed by atoms with Crippen molar-refractivity contribution in [1.82, 2.24) is 14.9 Å². The molecule has 1 aromatic carbocycles. The molecule has 1 amide bonds. The molecule has 0 atom stereocenters. The lowest BCUT2D eigenvalue weighted by atomic mass is 10.0. The molecule has 0 unspecified atom stereocenters. The van der Waals surface area contributed by atoms with E-state index in [0.717, 1.165) is 17.8 Å². The first kappa shape index (κ1) is 16.0. The first-order valence-corrected chi connectivity index (χ1v) is 7.02. The van der Waals surface area contributed by atoms with Gasteiger partial charge in [0.25, 0.3) is 5.91 Å². The number of aromatic carboxylic acids is 1. The Labute approximate surface area is 133 Å². The van der Waals surface area contributed by atoms with E-state index in [-0.39, 0.29) is 13.1 Å². The minimum absolute atomic E-state index is 0.131. The van der Waals surface area contributed by atoms with Gasteiger partial charge in [0.1, 0.15) is 0 Å². The second-order valence-corrected chi connectivity index (χ2v) is 5.37. The van der Waals surface area contributed by atoms with E-state index >= 15 is 0 Å². The Balaban J connectivity index is 1.97. The normalized spacial score (nSPS) is 14.4. The van der Waals surface area contributed by atoms with Crippen LogP contribution in [-0.2, 0) is 19.1 Å². The summed E-state index contributed by atoms with van der Waals surface area (Å²) >= 11 is 0. The van der Waals surface area contributed by atoms with E-state index in [4.69, 9.17) is 5.11 Å². The largest absolute Gasteiger partial charge is 0.478 e. The van der Waals surface area contributed by atoms with Gasteiger partial charge < -0.3 is 15.0 Å². The number of H-pyrrole nitrogens is 1. The first-order chi connectivity index (χ1) is 11.3. The van der Waals surface area contributed by atoms with Gasteiger partial charge in [0, 0.05) is 13.0 Å². The van der Waals surface area contributed by atoms with E-state index < -0.39 is 34.7 Å². The van der Waals surface area contributed by atoms with Gasteiger partial charge in [-0.2, -0.15) is 13.2 Å². The van der Waals surface area contributed by atoms with Crippen LogP contribution in [0.3, 0.4) is 0 Å². The predicted octanol–water partition coefficient (Wildman–Crippen LogP) is 2.33. The molecule has 3 rings (SSSR count). The van der Waals surface area contributed by atoms with Gasteiger partial charge in [0.05, 0.1) is 41.0 Å². The van der Waals surface area contributed by atoms with Crippen molar-refractivity contribution < 1.29 is 27.9 Å². The minimum atomic E-state index is -4.83. The highest BCUT2D eigenvalue weighted by Crippen LogP contribution is 2.34. The number of amides is 1. The number of aromatic nitrogens is 2. The molecule has 24 heavy (non-hydrogen) atoms. The summed E-state index contributed by atoms with van der Waals surface area (Å²) in [5.74, 6) is -2.28. The third-order valence-corrected chi connectivity index (χ3v) is 3.86. The van der Waals surface area contributed by atoms with Crippen molar-refractivity contribution in [3.63, 3.8) is 0 Å². The summed E-state index contributed by atoms with van der Waals surface area (Å²) in [6.45, 7) is 0.376. The quantitative estimate of drug-likeness (QED) is 0.879. The summed E-state index contributed by atoms with van der Waals surface area (Å²) < 4.78 is 39.7. The maximum atomic E-state index is 13.2. The second kappa shape index (κ2) is 5.66. The molecule has 0 aliphatic carbocycles. The zero-order chi connectivity index (χ0) is 17.5. The van der Waals surface area contributed by atoms with Crippen molar-refractivity contribution in [3.8, 4) is 0 Å². The molecule has 0 bridgehead atoms. The zero-order valence-corrected chi connectivity index (χ0v) is 12.2. The molecule has 9 heteroatoms. The molecule has 1 aliphatic rings. The second-order valence-electron chi connectivity index (χ2n) is 5.37. The third-order valence-electron chi connectivity index (χ3n) is 3.86. The number of rotatable bonds is 2. The number of nitrogens with zero attached hydrogens (tertiary/aromatic N) is 2. The highest BCUT2D eigenvalue weighted by molar-refractivity contribution is 5.97. The van der Waals surface area contributed by atoms with Crippen molar-refractivity contribution in [2.75, 3.05) is 6.54 Å². The van der Waals surface area contributed by atoms with Crippen LogP contribution in [0.5, 0.6) is 0 Å². The highest BCUT2D eigenvalue weighted by atomic mass is 19.4. The molecular weight excluding hydrogens is 327 g/mol. The fourth-order valence-electron chi connectivity index (χ4n) is 2.65. The Morgan fingerprint density at radius 1 is 1.29 bits per heavy atom. The molecule has 0 saturated heterocycles. The molecule has 0 saturated carbocycles. The topological polar surface area (TPSA) is 86.3 Å². The average Bonchev–Trinajstić information content (AvgIpc) is 3.00. The molecule has 0 radical (unpaired) electrons. The number of aromatic amines is 1. The van der Waals surface area contributed by atoms with Crippen LogP contribution in [0.2, 0.25) is 0 Å². The maximum Gasteiger partial charge on any atom is 0.417 e. The number of hydrogen-bond donors (Lipinski definition) is 2. The van der Waals surface area contributed by atoms with Gasteiger partial charge in [-0.3, -0.25) is 4.79 Å². The fourth-order valence-corrected chi connectivity index (χ4v) is 2.65. The van der Waals surface area contributed by atoms with Crippen LogP contribution in [-0.4, -0.2) is 38.4 Å². The lowest BCUT2D eigenvalue weighted by Crippen LogP contribution is -2.37. The SMILES string of the molecule is O=C(O)c1ccc(C(=O)N2CCc3nc[nH]c3C2)c(C(F)(F)F)c1. The highest BCUT2D eigenvalue weighted by Gasteiger charge is 2.37. The number of carboxylic acids is 1. The lowest BCUT2D eigenvalue weighted by Gasteiger charge is -2.27. The van der Waals surface area contributed by atoms with E-state index in [1.165, 1.54) is 11.2 Å². The Hall–Kier alpha value is -2.84. The smallest absolute Gasteiger partial charge is 0.417 e. The third kappa shape index (κ3) is 2.84. The van der Waals surface area contributed by atoms with Crippen LogP contribution in [0.1, 0.15) is 37.7 Å². The molecule has 1 aliphatic heterocycles. The number of alkyl halides is 3. The number of imidazole rings is 1. The standard InChI is InChI=1S/C15H12F3N3O3/c16-15(17,18)10-5-8(14(23)24)1-2-9(10)13(22)21-4-3-11-12(6-21)20-7-19-11/h1-2,5,7H,3-4,6H2,(H,19,20)(H,23,24). The number of carbonyl (C=O) groups is 2. The summed E-state index contributed by atoms with van der Waals surface area (Å²) in [4.78, 5) is 31.6. The average molecular weight is 339 g/mol. The van der Waals surface area contributed by atoms with E-state index in [1.54, 1.807) is 0 Å². The molecule has 0 fully saturated rings. The maximum absolute atomic E-state index is 13.2. The summed E-state index contributed by atoms with van der Waals surface area (Å²) in [5, 5.41) is 8.87. The predicted molar refractivity (Wildman–Crippen MR) is 75.4 cm³/mol. The molecule has 1 aromatic heterocycles. The number of halogens is 3. The molecule has 126 valence electrons. The van der Waals surface area contributed by atoms with Gasteiger partial charge in [0.15, 0.2) is 0 Å². The molecular formula is C15H12F3N3O3. The number of nitrogens with one attached hydrogen (secondary N) is 1. The van der Waals surface area contributed by atoms with E-state index in [2.05, 4.69) is 9.97 Å². The number of benzene rings is 1. The zero-order valence-electron chi connectivity index (χ0n) is 12.2. The minimum Gasteiger partial charge on any atom is -0.478 e. The van der Waals surface area contributed by atoms with Crippen LogP contribution >= 0.6 is 0 Å². The Morgan fingerprint density at radius 2 is 2.04 bits per heavy atom. The van der Waals surface area contributed by atoms with Crippen molar-refractivity contribution >= 4 is 11.9 Å². The monoisotopic (exact) mass is 339 g/mol. The van der Waals surface area contributed by atoms with Crippen LogP contribution in [0.4, 0.5) is 13.2 Å². The number of carboxylic acid groups (broad SMARTS) is 1. The number of hydrogen-bond acceptors (Lipinski definition) is 3. The first-order valence-electron chi connectivity index (χ1n) is 7.02. The van der Waals surface area contributed by atoms with Crippen LogP contribution in [0.25, 0.3) is 0 Å². The van der Waals surface area contributed by atoms with Gasteiger partial charge in [0.2, 0.25) is 0 Å². The molecule has 6 nitrogen and oxygen atoms in total. The van der Waals surface area contributed by atoms with Gasteiger partial charge in [-0.05, 0) is 18.2 Å². The van der Waals surface area contributed by atoms with Crippen molar-refractivity contribution in [3.05, 3.63) is 52.6 Å². The van der Waals surface area contributed by atoms with Crippen LogP contribution < -0.4 is 0 Å². The van der Waals surface area contributed by atoms with E-state index in [9.17, 15) is 22.8 Å². The summed E-state index contributed by atoms with van der Waals surface area (Å²) in [5.41, 5.74) is -0.853. The van der Waals surface area contributed by atoms with Gasteiger partial charge in [-0.1, -0.05) is 0 Å². The lowest BCUT2D eigenvalue weighted by molar-refractivity contribution is -0.138. The van der Waals surface area contributed by atoms with Gasteiger partial charge in [-0.25, -0.2) is 9.78 Å². The van der Waals surface area contributed by atoms with Crippen molar-refractivity contribution in [1.29, 1.82) is 0 Å². The Morgan fingerprint density at radius 3 is 2.71 bits per heavy atom. The Kier molecular flexibility index (Phi) is 3.78. The molecule has 2 heterocycles. The number of carbonyl (C=O) groups excluding carboxylic acids is 1. The molecule has 0 spiro atoms. The van der Waals surface area contributed by atoms with Crippen molar-refractivity contribution in [2.24, 2.45) is 0 Å². The number of fused-ring (bicyclic) bond motifs is 1. The van der Waals surface area contributed by atoms with Gasteiger partial charge in [-0.15, -0.1) is 0 Å². The summed E-state index contributed by atoms with van der Waals surface area (Å²) in [6, 6.07) is 2.40. The van der Waals surface area contributed by atoms with E-state index in [0.29, 0.717) is 18.2 Å². The molecule has 2 N–H and O–H groups in total. The van der Waals surface area contributed by atoms with E-state index in [1.807, 2.05) is 0 Å². The van der Waals surface area contributed by atoms with Crippen molar-refractivity contribution in [2.45, 2.75) is 19.1 Å². The summed E-state index contributed by atoms with van der Waals surface area (Å²) in [7, 11) is 0. The Bertz CT molecular complexity index is 814. The van der Waals surface area contributed by atoms with Gasteiger partial charge >= 0.3 is 12.1 Å². The summed E-state index contributed by atoms with van der Waals surface area (Å²) in [6.07, 6.45) is -2.91. The molecule has 2 aromatic rings.